The maximum atomic E-state index is 13.8. The summed E-state index contributed by atoms with van der Waals surface area (Å²) in [6.45, 7) is 4.77. The van der Waals surface area contributed by atoms with E-state index in [0.29, 0.717) is 5.69 Å². The first-order chi connectivity index (χ1) is 14.0. The summed E-state index contributed by atoms with van der Waals surface area (Å²) in [6, 6.07) is 9.30. The van der Waals surface area contributed by atoms with E-state index in [4.69, 9.17) is 16.3 Å². The molecule has 162 valence electrons. The van der Waals surface area contributed by atoms with E-state index in [-0.39, 0.29) is 21.5 Å². The molecule has 2 aromatic rings. The summed E-state index contributed by atoms with van der Waals surface area (Å²) >= 11 is 5.88. The number of hydrogen-bond donors (Lipinski definition) is 2. The molecule has 7 nitrogen and oxygen atoms in total. The highest BCUT2D eigenvalue weighted by atomic mass is 35.5. The molecular weight excluding hydrogens is 435 g/mol. The van der Waals surface area contributed by atoms with Crippen molar-refractivity contribution in [3.8, 4) is 0 Å². The van der Waals surface area contributed by atoms with Gasteiger partial charge in [0.25, 0.3) is 5.91 Å². The summed E-state index contributed by atoms with van der Waals surface area (Å²) in [7, 11) is -3.65. The zero-order valence-electron chi connectivity index (χ0n) is 16.6. The number of amides is 1. The highest BCUT2D eigenvalue weighted by Gasteiger charge is 2.21. The van der Waals surface area contributed by atoms with Gasteiger partial charge in [-0.1, -0.05) is 17.7 Å². The zero-order valence-corrected chi connectivity index (χ0v) is 18.2. The summed E-state index contributed by atoms with van der Waals surface area (Å²) in [5.41, 5.74) is 0.312. The number of nitrogens with one attached hydrogen (secondary N) is 2. The van der Waals surface area contributed by atoms with Gasteiger partial charge < -0.3 is 10.1 Å². The van der Waals surface area contributed by atoms with Crippen LogP contribution in [0.4, 0.5) is 10.1 Å². The van der Waals surface area contributed by atoms with Crippen molar-refractivity contribution in [2.24, 2.45) is 0 Å². The molecule has 1 amide bonds. The van der Waals surface area contributed by atoms with Gasteiger partial charge in [-0.25, -0.2) is 17.5 Å². The molecule has 0 spiro atoms. The number of esters is 1. The number of ether oxygens (including phenoxy) is 1. The highest BCUT2D eigenvalue weighted by molar-refractivity contribution is 7.89. The van der Waals surface area contributed by atoms with Gasteiger partial charge in [0.2, 0.25) is 10.0 Å². The van der Waals surface area contributed by atoms with Crippen LogP contribution in [0.1, 0.15) is 26.3 Å². The molecule has 1 atom stereocenters. The van der Waals surface area contributed by atoms with Gasteiger partial charge in [-0.2, -0.15) is 0 Å². The summed E-state index contributed by atoms with van der Waals surface area (Å²) in [5.74, 6) is -2.08. The lowest BCUT2D eigenvalue weighted by atomic mass is 10.1. The second-order valence-corrected chi connectivity index (χ2v) is 8.92. The van der Waals surface area contributed by atoms with Gasteiger partial charge in [0.05, 0.1) is 11.3 Å². The minimum atomic E-state index is -3.65. The van der Waals surface area contributed by atoms with Crippen LogP contribution in [-0.2, 0) is 30.8 Å². The lowest BCUT2D eigenvalue weighted by Crippen LogP contribution is -2.31. The van der Waals surface area contributed by atoms with E-state index < -0.39 is 40.2 Å². The number of carbonyl (C=O) groups is 2. The lowest BCUT2D eigenvalue weighted by Gasteiger charge is -2.14. The van der Waals surface area contributed by atoms with Crippen molar-refractivity contribution >= 4 is 39.2 Å². The predicted octanol–water partition coefficient (Wildman–Crippen LogP) is 3.28. The number of hydrogen-bond acceptors (Lipinski definition) is 5. The van der Waals surface area contributed by atoms with Gasteiger partial charge in [-0.15, -0.1) is 0 Å². The highest BCUT2D eigenvalue weighted by Crippen LogP contribution is 2.20. The number of rotatable bonds is 8. The maximum Gasteiger partial charge on any atom is 0.311 e. The van der Waals surface area contributed by atoms with Crippen molar-refractivity contribution in [2.45, 2.75) is 44.2 Å². The van der Waals surface area contributed by atoms with Crippen molar-refractivity contribution in [2.75, 3.05) is 5.32 Å². The summed E-state index contributed by atoms with van der Waals surface area (Å²) in [5, 5.41) is 2.61. The van der Waals surface area contributed by atoms with Crippen molar-refractivity contribution in [3.05, 3.63) is 58.9 Å². The zero-order chi connectivity index (χ0) is 22.5. The van der Waals surface area contributed by atoms with Crippen LogP contribution in [-0.4, -0.2) is 32.4 Å². The second-order valence-electron chi connectivity index (χ2n) is 6.80. The third kappa shape index (κ3) is 6.51. The van der Waals surface area contributed by atoms with E-state index in [1.54, 1.807) is 13.8 Å². The van der Waals surface area contributed by atoms with E-state index in [1.807, 2.05) is 0 Å². The summed E-state index contributed by atoms with van der Waals surface area (Å²) < 4.78 is 45.5. The molecule has 0 fully saturated rings. The van der Waals surface area contributed by atoms with Crippen molar-refractivity contribution in [1.82, 2.24) is 4.72 Å². The molecule has 0 saturated heterocycles. The Hall–Kier alpha value is -2.49. The van der Waals surface area contributed by atoms with Crippen LogP contribution in [0.15, 0.2) is 47.4 Å². The summed E-state index contributed by atoms with van der Waals surface area (Å²) in [6.07, 6.45) is -1.58. The number of sulfonamides is 1. The second kappa shape index (κ2) is 10.0. The van der Waals surface area contributed by atoms with Gasteiger partial charge in [0.15, 0.2) is 6.10 Å². The van der Waals surface area contributed by atoms with Gasteiger partial charge in [0.1, 0.15) is 5.82 Å². The first-order valence-electron chi connectivity index (χ1n) is 9.05. The molecule has 0 saturated carbocycles. The minimum absolute atomic E-state index is 0.0106. The topological polar surface area (TPSA) is 102 Å². The largest absolute Gasteiger partial charge is 0.452 e. The third-order valence-corrected chi connectivity index (χ3v) is 5.91. The Morgan fingerprint density at radius 1 is 1.10 bits per heavy atom. The minimum Gasteiger partial charge on any atom is -0.452 e. The van der Waals surface area contributed by atoms with E-state index in [1.165, 1.54) is 49.4 Å². The third-order valence-electron chi connectivity index (χ3n) is 3.88. The maximum absolute atomic E-state index is 13.8. The van der Waals surface area contributed by atoms with Crippen molar-refractivity contribution in [1.29, 1.82) is 0 Å². The lowest BCUT2D eigenvalue weighted by molar-refractivity contribution is -0.152. The Bertz CT molecular complexity index is 1010. The van der Waals surface area contributed by atoms with Crippen molar-refractivity contribution < 1.29 is 27.1 Å². The monoisotopic (exact) mass is 456 g/mol. The van der Waals surface area contributed by atoms with E-state index in [9.17, 15) is 22.4 Å². The Labute approximate surface area is 179 Å². The molecular formula is C20H22ClFN2O5S. The first-order valence-corrected chi connectivity index (χ1v) is 10.9. The van der Waals surface area contributed by atoms with E-state index in [0.717, 1.165) is 0 Å². The molecule has 1 unspecified atom stereocenters. The molecule has 2 rings (SSSR count). The van der Waals surface area contributed by atoms with E-state index >= 15 is 0 Å². The van der Waals surface area contributed by atoms with Crippen LogP contribution in [0, 0.1) is 5.82 Å². The average molecular weight is 457 g/mol. The summed E-state index contributed by atoms with van der Waals surface area (Å²) in [4.78, 5) is 24.3. The van der Waals surface area contributed by atoms with Gasteiger partial charge in [0, 0.05) is 22.3 Å². The molecule has 0 aliphatic rings. The number of anilines is 1. The molecule has 0 aliphatic heterocycles. The molecule has 2 N–H and O–H groups in total. The molecule has 0 heterocycles. The molecule has 30 heavy (non-hydrogen) atoms. The van der Waals surface area contributed by atoms with Gasteiger partial charge >= 0.3 is 5.97 Å². The molecule has 0 aliphatic carbocycles. The van der Waals surface area contributed by atoms with Crippen LogP contribution in [0.25, 0.3) is 0 Å². The Kier molecular flexibility index (Phi) is 7.94. The Balaban J connectivity index is 1.96. The van der Waals surface area contributed by atoms with Crippen LogP contribution in [0.5, 0.6) is 0 Å². The predicted molar refractivity (Wildman–Crippen MR) is 111 cm³/mol. The SMILES string of the molecule is CC(C)NS(=O)(=O)c1ccc(NC(=O)C(C)OC(=O)Cc2c(F)cccc2Cl)cc1. The number of benzene rings is 2. The van der Waals surface area contributed by atoms with Crippen LogP contribution in [0.3, 0.4) is 0 Å². The molecule has 0 aromatic heterocycles. The average Bonchev–Trinajstić information content (AvgIpc) is 2.64. The van der Waals surface area contributed by atoms with Gasteiger partial charge in [-0.05, 0) is 57.2 Å². The molecule has 10 heteroatoms. The first kappa shape index (κ1) is 23.8. The van der Waals surface area contributed by atoms with Crippen LogP contribution < -0.4 is 10.0 Å². The fourth-order valence-corrected chi connectivity index (χ4v) is 3.96. The number of carbonyl (C=O) groups excluding carboxylic acids is 2. The van der Waals surface area contributed by atoms with Gasteiger partial charge in [-0.3, -0.25) is 9.59 Å². The van der Waals surface area contributed by atoms with Crippen LogP contribution in [0.2, 0.25) is 5.02 Å². The smallest absolute Gasteiger partial charge is 0.311 e. The molecule has 0 radical (unpaired) electrons. The normalized spacial score (nSPS) is 12.5. The quantitative estimate of drug-likeness (QED) is 0.593. The fraction of sp³-hybridized carbons (Fsp3) is 0.300. The Morgan fingerprint density at radius 2 is 1.73 bits per heavy atom. The standard InChI is InChI=1S/C20H22ClFN2O5S/c1-12(2)24-30(27,28)15-9-7-14(8-10-15)23-20(26)13(3)29-19(25)11-16-17(21)5-4-6-18(16)22/h4-10,12-13,24H,11H2,1-3H3,(H,23,26). The number of halogens is 2. The molecule has 0 bridgehead atoms. The Morgan fingerprint density at radius 3 is 2.30 bits per heavy atom. The van der Waals surface area contributed by atoms with E-state index in [2.05, 4.69) is 10.0 Å². The molecule has 2 aromatic carbocycles. The van der Waals surface area contributed by atoms with Crippen molar-refractivity contribution in [3.63, 3.8) is 0 Å². The van der Waals surface area contributed by atoms with Crippen LogP contribution >= 0.6 is 11.6 Å². The fourth-order valence-electron chi connectivity index (χ4n) is 2.48.